The first-order valence-electron chi connectivity index (χ1n) is 14.7. The Morgan fingerprint density at radius 2 is 0.952 bits per heavy atom. The summed E-state index contributed by atoms with van der Waals surface area (Å²) in [4.78, 5) is 11.1. The molecule has 2 heterocycles. The summed E-state index contributed by atoms with van der Waals surface area (Å²) in [6.45, 7) is 23.5. The van der Waals surface area contributed by atoms with E-state index in [-0.39, 0.29) is 12.0 Å². The summed E-state index contributed by atoms with van der Waals surface area (Å²) in [5.74, 6) is -1.12. The van der Waals surface area contributed by atoms with Crippen LogP contribution in [0.15, 0.2) is 12.4 Å². The maximum absolute atomic E-state index is 11.1. The van der Waals surface area contributed by atoms with Crippen molar-refractivity contribution in [2.24, 2.45) is 25.6 Å². The summed E-state index contributed by atoms with van der Waals surface area (Å²) in [5.41, 5.74) is 27.4. The fraction of sp³-hybridized carbons (Fsp3) is 0.514. The zero-order valence-electron chi connectivity index (χ0n) is 28.3. The molecule has 232 valence electrons. The van der Waals surface area contributed by atoms with Gasteiger partial charge in [0.1, 0.15) is 0 Å². The molecule has 0 bridgehead atoms. The van der Waals surface area contributed by atoms with E-state index in [0.29, 0.717) is 5.92 Å². The zero-order chi connectivity index (χ0) is 32.5. The number of benzene rings is 2. The minimum atomic E-state index is -1.21. The molecule has 0 radical (unpaired) electrons. The molecule has 5 N–H and O–H groups in total. The van der Waals surface area contributed by atoms with Gasteiger partial charge in [0.25, 0.3) is 0 Å². The van der Waals surface area contributed by atoms with Gasteiger partial charge in [-0.1, -0.05) is 13.8 Å². The third-order valence-corrected chi connectivity index (χ3v) is 9.84. The summed E-state index contributed by atoms with van der Waals surface area (Å²) < 4.78 is 4.33. The number of carboxylic acids is 1. The second-order valence-electron chi connectivity index (χ2n) is 12.1. The number of aryl methyl sites for hydroxylation is 6. The van der Waals surface area contributed by atoms with E-state index in [9.17, 15) is 9.90 Å². The number of aromatic nitrogens is 2. The number of nitrogens with two attached hydrogens (primary N) is 2. The van der Waals surface area contributed by atoms with Gasteiger partial charge >= 0.3 is 0 Å². The molecule has 4 aromatic rings. The molecule has 0 saturated heterocycles. The summed E-state index contributed by atoms with van der Waals surface area (Å²) in [6.07, 6.45) is 4.26. The van der Waals surface area contributed by atoms with E-state index in [1.165, 1.54) is 61.0 Å². The molecule has 0 spiro atoms. The Bertz CT molecular complexity index is 1610. The Morgan fingerprint density at radius 1 is 0.643 bits per heavy atom. The molecular weight excluding hydrogens is 524 g/mol. The van der Waals surface area contributed by atoms with Crippen LogP contribution in [0.5, 0.6) is 0 Å². The highest BCUT2D eigenvalue weighted by Crippen LogP contribution is 2.37. The number of hydrogen-bond acceptors (Lipinski definition) is 5. The van der Waals surface area contributed by atoms with Crippen LogP contribution in [0, 0.1) is 55.4 Å². The van der Waals surface area contributed by atoms with E-state index in [2.05, 4.69) is 91.6 Å². The Kier molecular flexibility index (Phi) is 11.2. The Morgan fingerprint density at radius 3 is 1.26 bits per heavy atom. The average Bonchev–Trinajstić information content (AvgIpc) is 3.49. The Hall–Kier alpha value is -3.13. The number of nitrogens with zero attached hydrogens (tertiary/aromatic N) is 2. The van der Waals surface area contributed by atoms with Gasteiger partial charge in [-0.15, -0.1) is 0 Å². The van der Waals surface area contributed by atoms with Crippen LogP contribution >= 0.6 is 0 Å². The monoisotopic (exact) mass is 577 g/mol. The van der Waals surface area contributed by atoms with Crippen molar-refractivity contribution in [3.8, 4) is 0 Å². The Labute approximate surface area is 252 Å². The van der Waals surface area contributed by atoms with Crippen LogP contribution in [0.1, 0.15) is 88.2 Å². The number of carbonyl (C=O) groups excluding carboxylic acids is 1. The topological polar surface area (TPSA) is 122 Å². The molecule has 4 rings (SSSR count). The summed E-state index contributed by atoms with van der Waals surface area (Å²) in [5, 5.41) is 20.6. The highest BCUT2D eigenvalue weighted by molar-refractivity contribution is 5.93. The van der Waals surface area contributed by atoms with Crippen molar-refractivity contribution in [3.63, 3.8) is 0 Å². The standard InChI is InChI=1S/C17H24N2O2.C17H26N2.CH4O/c1-8-9(2)11(4)16-14(10(8)3)13(7-19(16)6)12(5)15(18)17(20)21;1-9-10(2)12(4)17-16(11(9)3)15(8-19(17)7)13(5)14(6)18;1-2/h7,12,15H,18H2,1-6H3,(H,20,21);8,13-14H,18H2,1-7H3;2H,1H3/p-1. The maximum atomic E-state index is 11.1. The molecular formula is C35H53N4O3-. The molecule has 42 heavy (non-hydrogen) atoms. The second kappa shape index (κ2) is 13.4. The van der Waals surface area contributed by atoms with Gasteiger partial charge in [-0.2, -0.15) is 0 Å². The van der Waals surface area contributed by atoms with Gasteiger partial charge < -0.3 is 35.6 Å². The number of aliphatic hydroxyl groups excluding tert-OH is 1. The molecule has 2 aromatic carbocycles. The predicted molar refractivity (Wildman–Crippen MR) is 175 cm³/mol. The lowest BCUT2D eigenvalue weighted by Gasteiger charge is -2.21. The largest absolute Gasteiger partial charge is 0.548 e. The number of aliphatic carboxylic acids is 1. The van der Waals surface area contributed by atoms with E-state index >= 15 is 0 Å². The van der Waals surface area contributed by atoms with Gasteiger partial charge in [0.05, 0.1) is 23.0 Å². The molecule has 0 saturated carbocycles. The first-order valence-corrected chi connectivity index (χ1v) is 14.7. The van der Waals surface area contributed by atoms with Crippen LogP contribution in [0.25, 0.3) is 21.8 Å². The number of carbonyl (C=O) groups is 1. The third-order valence-electron chi connectivity index (χ3n) is 9.84. The molecule has 7 nitrogen and oxygen atoms in total. The van der Waals surface area contributed by atoms with E-state index in [4.69, 9.17) is 16.6 Å². The van der Waals surface area contributed by atoms with Crippen LogP contribution in [0.4, 0.5) is 0 Å². The van der Waals surface area contributed by atoms with Crippen molar-refractivity contribution in [1.82, 2.24) is 9.13 Å². The molecule has 0 amide bonds. The third kappa shape index (κ3) is 6.01. The quantitative estimate of drug-likeness (QED) is 0.306. The van der Waals surface area contributed by atoms with Crippen molar-refractivity contribution < 1.29 is 15.0 Å². The van der Waals surface area contributed by atoms with Gasteiger partial charge in [-0.3, -0.25) is 0 Å². The van der Waals surface area contributed by atoms with Crippen molar-refractivity contribution >= 4 is 27.8 Å². The number of carboxylic acid groups (broad SMARTS) is 1. The molecule has 4 unspecified atom stereocenters. The SMILES string of the molecule is CO.Cc1c(C)c(C)c2c(c(C(C)C(C)N)cn2C)c1C.Cc1c(C)c(C)c2c(c(C(C)C(N)C(=O)[O-])cn2C)c1C. The summed E-state index contributed by atoms with van der Waals surface area (Å²) in [7, 11) is 5.13. The lowest BCUT2D eigenvalue weighted by atomic mass is 9.88. The predicted octanol–water partition coefficient (Wildman–Crippen LogP) is 5.06. The van der Waals surface area contributed by atoms with E-state index in [1.807, 2.05) is 20.2 Å². The minimum absolute atomic E-state index is 0.173. The summed E-state index contributed by atoms with van der Waals surface area (Å²) in [6, 6.07) is -0.830. The molecule has 7 heteroatoms. The van der Waals surface area contributed by atoms with Gasteiger partial charge in [0, 0.05) is 56.3 Å². The average molecular weight is 578 g/mol. The van der Waals surface area contributed by atoms with Crippen LogP contribution in [-0.2, 0) is 18.9 Å². The van der Waals surface area contributed by atoms with Gasteiger partial charge in [0.2, 0.25) is 0 Å². The molecule has 0 aliphatic heterocycles. The number of hydrogen-bond donors (Lipinski definition) is 3. The molecule has 0 aliphatic carbocycles. The normalized spacial score (nSPS) is 14.1. The fourth-order valence-electron chi connectivity index (χ4n) is 6.22. The van der Waals surface area contributed by atoms with Crippen LogP contribution in [-0.4, -0.2) is 39.4 Å². The molecule has 0 aliphatic rings. The molecule has 0 fully saturated rings. The second-order valence-corrected chi connectivity index (χ2v) is 12.1. The highest BCUT2D eigenvalue weighted by Gasteiger charge is 2.24. The van der Waals surface area contributed by atoms with Crippen molar-refractivity contribution in [3.05, 3.63) is 68.0 Å². The lowest BCUT2D eigenvalue weighted by molar-refractivity contribution is -0.307. The molecule has 2 aromatic heterocycles. The van der Waals surface area contributed by atoms with Gasteiger partial charge in [-0.25, -0.2) is 0 Å². The first kappa shape index (κ1) is 35.1. The minimum Gasteiger partial charge on any atom is -0.548 e. The number of aliphatic hydroxyl groups is 1. The smallest absolute Gasteiger partial charge is 0.0588 e. The number of fused-ring (bicyclic) bond motifs is 2. The van der Waals surface area contributed by atoms with E-state index in [1.54, 1.807) is 0 Å². The zero-order valence-corrected chi connectivity index (χ0v) is 28.3. The number of rotatable bonds is 5. The van der Waals surface area contributed by atoms with Gasteiger partial charge in [0.15, 0.2) is 0 Å². The van der Waals surface area contributed by atoms with Gasteiger partial charge in [-0.05, 0) is 124 Å². The fourth-order valence-corrected chi connectivity index (χ4v) is 6.22. The van der Waals surface area contributed by atoms with E-state index in [0.717, 1.165) is 23.6 Å². The van der Waals surface area contributed by atoms with Crippen molar-refractivity contribution in [1.29, 1.82) is 0 Å². The van der Waals surface area contributed by atoms with Crippen LogP contribution < -0.4 is 16.6 Å². The first-order chi connectivity index (χ1) is 19.4. The van der Waals surface area contributed by atoms with E-state index < -0.39 is 12.0 Å². The summed E-state index contributed by atoms with van der Waals surface area (Å²) >= 11 is 0. The van der Waals surface area contributed by atoms with Crippen molar-refractivity contribution in [2.75, 3.05) is 7.11 Å². The maximum Gasteiger partial charge on any atom is 0.0588 e. The van der Waals surface area contributed by atoms with Crippen LogP contribution in [0.2, 0.25) is 0 Å². The van der Waals surface area contributed by atoms with Crippen molar-refractivity contribution in [2.45, 2.75) is 100 Å². The Balaban J connectivity index is 0.000000278. The highest BCUT2D eigenvalue weighted by atomic mass is 16.4. The molecule has 4 atom stereocenters. The lowest BCUT2D eigenvalue weighted by Crippen LogP contribution is -2.45. The van der Waals surface area contributed by atoms with Crippen LogP contribution in [0.3, 0.4) is 0 Å².